The van der Waals surface area contributed by atoms with E-state index in [-0.39, 0.29) is 30.8 Å². The molecule has 0 saturated carbocycles. The highest BCUT2D eigenvalue weighted by molar-refractivity contribution is 8.14. The molecule has 0 aromatic heterocycles. The number of benzene rings is 2. The van der Waals surface area contributed by atoms with E-state index in [1.807, 2.05) is 26.0 Å². The molecule has 0 fully saturated rings. The van der Waals surface area contributed by atoms with Gasteiger partial charge in [0.25, 0.3) is 0 Å². The molecule has 2 aromatic rings. The zero-order chi connectivity index (χ0) is 23.4. The fraction of sp³-hybridized carbons (Fsp3) is 0.292. The molecule has 2 aliphatic heterocycles. The van der Waals surface area contributed by atoms with Crippen molar-refractivity contribution in [2.75, 3.05) is 29.8 Å². The number of carbonyl (C=O) groups is 2. The zero-order valence-corrected chi connectivity index (χ0v) is 19.5. The van der Waals surface area contributed by atoms with Gasteiger partial charge in [-0.1, -0.05) is 11.8 Å². The van der Waals surface area contributed by atoms with Crippen LogP contribution < -0.4 is 20.1 Å². The molecule has 1 amide bonds. The van der Waals surface area contributed by atoms with Gasteiger partial charge in [-0.25, -0.2) is 4.99 Å². The van der Waals surface area contributed by atoms with E-state index in [4.69, 9.17) is 19.2 Å². The summed E-state index contributed by atoms with van der Waals surface area (Å²) < 4.78 is 15.7. The quantitative estimate of drug-likeness (QED) is 0.595. The van der Waals surface area contributed by atoms with Gasteiger partial charge in [-0.3, -0.25) is 9.59 Å². The van der Waals surface area contributed by atoms with Gasteiger partial charge in [0.15, 0.2) is 11.5 Å². The van der Waals surface area contributed by atoms with Gasteiger partial charge in [-0.2, -0.15) is 0 Å². The normalized spacial score (nSPS) is 13.8. The molecular formula is C24H25N3O5S. The number of hydrogen-bond donors (Lipinski definition) is 2. The zero-order valence-electron chi connectivity index (χ0n) is 18.7. The predicted molar refractivity (Wildman–Crippen MR) is 130 cm³/mol. The fourth-order valence-corrected chi connectivity index (χ4v) is 4.09. The van der Waals surface area contributed by atoms with Crippen molar-refractivity contribution in [2.24, 2.45) is 4.99 Å². The third-order valence-electron chi connectivity index (χ3n) is 5.08. The molecule has 33 heavy (non-hydrogen) atoms. The van der Waals surface area contributed by atoms with Gasteiger partial charge in [-0.15, -0.1) is 0 Å². The molecule has 172 valence electrons. The van der Waals surface area contributed by atoms with Crippen LogP contribution in [0.4, 0.5) is 17.1 Å². The van der Waals surface area contributed by atoms with E-state index in [1.54, 1.807) is 31.2 Å². The number of hydrogen-bond acceptors (Lipinski definition) is 8. The Balaban J connectivity index is 1.49. The van der Waals surface area contributed by atoms with E-state index in [9.17, 15) is 9.59 Å². The Morgan fingerprint density at radius 2 is 1.94 bits per heavy atom. The number of fused-ring (bicyclic) bond motifs is 2. The maximum absolute atomic E-state index is 12.6. The second-order valence-electron chi connectivity index (χ2n) is 7.58. The maximum Gasteiger partial charge on any atom is 0.311 e. The summed E-state index contributed by atoms with van der Waals surface area (Å²) in [7, 11) is 0. The molecule has 0 spiro atoms. The summed E-state index contributed by atoms with van der Waals surface area (Å²) in [6.07, 6.45) is 1.88. The van der Waals surface area contributed by atoms with Gasteiger partial charge >= 0.3 is 5.97 Å². The Bertz CT molecular complexity index is 1160. The Kier molecular flexibility index (Phi) is 6.88. The summed E-state index contributed by atoms with van der Waals surface area (Å²) >= 11 is 1.29. The maximum atomic E-state index is 12.6. The summed E-state index contributed by atoms with van der Waals surface area (Å²) in [4.78, 5) is 29.4. The average molecular weight is 468 g/mol. The molecule has 0 bridgehead atoms. The van der Waals surface area contributed by atoms with Gasteiger partial charge in [0.05, 0.1) is 35.2 Å². The van der Waals surface area contributed by atoms with Crippen molar-refractivity contribution in [1.29, 1.82) is 0 Å². The monoisotopic (exact) mass is 467 g/mol. The number of amides is 1. The highest BCUT2D eigenvalue weighted by Gasteiger charge is 2.18. The molecule has 4 rings (SSSR count). The second-order valence-corrected chi connectivity index (χ2v) is 8.58. The molecule has 0 atom stereocenters. The van der Waals surface area contributed by atoms with Crippen molar-refractivity contribution >= 4 is 45.7 Å². The Hall–Kier alpha value is -3.46. The number of aliphatic imine (C=N–C) groups is 1. The third-order valence-corrected chi connectivity index (χ3v) is 5.99. The van der Waals surface area contributed by atoms with E-state index in [2.05, 4.69) is 10.6 Å². The van der Waals surface area contributed by atoms with Crippen molar-refractivity contribution in [3.63, 3.8) is 0 Å². The van der Waals surface area contributed by atoms with Crippen LogP contribution >= 0.6 is 11.8 Å². The molecular weight excluding hydrogens is 442 g/mol. The number of anilines is 2. The lowest BCUT2D eigenvalue weighted by Gasteiger charge is -2.12. The molecule has 2 heterocycles. The number of ether oxygens (including phenoxy) is 3. The van der Waals surface area contributed by atoms with Crippen LogP contribution in [0.15, 0.2) is 47.1 Å². The molecule has 2 N–H and O–H groups in total. The first kappa shape index (κ1) is 22.7. The van der Waals surface area contributed by atoms with E-state index in [0.29, 0.717) is 34.5 Å². The number of esters is 1. The molecule has 2 aromatic carbocycles. The Morgan fingerprint density at radius 1 is 1.15 bits per heavy atom. The van der Waals surface area contributed by atoms with Crippen LogP contribution in [-0.2, 0) is 14.3 Å². The SMILES string of the molecule is CCOC(=O)CC1=CC(SCC(=O)Nc2ccc3c(c2)OCO3)=Nc2cc(C)c(C)cc2N1. The lowest BCUT2D eigenvalue weighted by atomic mass is 10.1. The number of aryl methyl sites for hydroxylation is 2. The number of carbonyl (C=O) groups excluding carboxylic acids is 2. The second kappa shape index (κ2) is 9.99. The van der Waals surface area contributed by atoms with Crippen LogP contribution in [0.1, 0.15) is 24.5 Å². The van der Waals surface area contributed by atoms with Crippen molar-refractivity contribution in [1.82, 2.24) is 0 Å². The van der Waals surface area contributed by atoms with Gasteiger partial charge in [0.2, 0.25) is 12.7 Å². The minimum atomic E-state index is -0.326. The van der Waals surface area contributed by atoms with Crippen LogP contribution in [-0.4, -0.2) is 36.1 Å². The third kappa shape index (κ3) is 5.67. The minimum Gasteiger partial charge on any atom is -0.466 e. The minimum absolute atomic E-state index is 0.0865. The average Bonchev–Trinajstić information content (AvgIpc) is 3.16. The summed E-state index contributed by atoms with van der Waals surface area (Å²) in [6, 6.07) is 9.26. The number of thioether (sulfide) groups is 1. The highest BCUT2D eigenvalue weighted by Crippen LogP contribution is 2.35. The van der Waals surface area contributed by atoms with Gasteiger partial charge in [-0.05, 0) is 62.2 Å². The molecule has 0 aliphatic carbocycles. The lowest BCUT2D eigenvalue weighted by molar-refractivity contribution is -0.142. The van der Waals surface area contributed by atoms with Gasteiger partial charge in [0.1, 0.15) is 0 Å². The molecule has 9 heteroatoms. The summed E-state index contributed by atoms with van der Waals surface area (Å²) in [6.45, 7) is 6.31. The van der Waals surface area contributed by atoms with Crippen molar-refractivity contribution in [2.45, 2.75) is 27.2 Å². The first-order valence-electron chi connectivity index (χ1n) is 10.6. The van der Waals surface area contributed by atoms with E-state index < -0.39 is 0 Å². The Morgan fingerprint density at radius 3 is 2.76 bits per heavy atom. The summed E-state index contributed by atoms with van der Waals surface area (Å²) in [5, 5.41) is 6.80. The molecule has 2 aliphatic rings. The van der Waals surface area contributed by atoms with E-state index >= 15 is 0 Å². The van der Waals surface area contributed by atoms with Crippen LogP contribution in [0.25, 0.3) is 0 Å². The van der Waals surface area contributed by atoms with Crippen LogP contribution in [0.3, 0.4) is 0 Å². The fourth-order valence-electron chi connectivity index (χ4n) is 3.35. The van der Waals surface area contributed by atoms with Crippen LogP contribution in [0, 0.1) is 13.8 Å². The molecule has 8 nitrogen and oxygen atoms in total. The smallest absolute Gasteiger partial charge is 0.311 e. The lowest BCUT2D eigenvalue weighted by Crippen LogP contribution is -2.15. The highest BCUT2D eigenvalue weighted by atomic mass is 32.2. The summed E-state index contributed by atoms with van der Waals surface area (Å²) in [5.74, 6) is 0.906. The predicted octanol–water partition coefficient (Wildman–Crippen LogP) is 4.70. The summed E-state index contributed by atoms with van der Waals surface area (Å²) in [5.41, 5.74) is 5.09. The van der Waals surface area contributed by atoms with Gasteiger partial charge < -0.3 is 24.8 Å². The molecule has 0 radical (unpaired) electrons. The van der Waals surface area contributed by atoms with E-state index in [0.717, 1.165) is 22.5 Å². The van der Waals surface area contributed by atoms with Crippen molar-refractivity contribution in [3.8, 4) is 11.5 Å². The van der Waals surface area contributed by atoms with Crippen LogP contribution in [0.2, 0.25) is 0 Å². The Labute approximate surface area is 196 Å². The van der Waals surface area contributed by atoms with Crippen molar-refractivity contribution < 1.29 is 23.8 Å². The van der Waals surface area contributed by atoms with Crippen molar-refractivity contribution in [3.05, 3.63) is 53.2 Å². The number of nitrogens with one attached hydrogen (secondary N) is 2. The van der Waals surface area contributed by atoms with E-state index in [1.165, 1.54) is 11.8 Å². The number of rotatable bonds is 6. The first-order valence-corrected chi connectivity index (χ1v) is 11.6. The molecule has 0 unspecified atom stereocenters. The standard InChI is InChI=1S/C24H25N3O5S/c1-4-30-24(29)11-17-10-23(27-19-8-15(3)14(2)7-18(19)25-17)33-12-22(28)26-16-5-6-20-21(9-16)32-13-31-20/h5-10,25H,4,11-13H2,1-3H3,(H,26,28). The molecule has 0 saturated heterocycles. The largest absolute Gasteiger partial charge is 0.466 e. The number of nitrogens with zero attached hydrogens (tertiary/aromatic N) is 1. The van der Waals surface area contributed by atoms with Crippen LogP contribution in [0.5, 0.6) is 11.5 Å². The topological polar surface area (TPSA) is 98.3 Å². The first-order chi connectivity index (χ1) is 15.9. The van der Waals surface area contributed by atoms with Gasteiger partial charge in [0, 0.05) is 17.5 Å².